The van der Waals surface area contributed by atoms with Crippen molar-refractivity contribution in [2.24, 2.45) is 10.2 Å². The van der Waals surface area contributed by atoms with Crippen LogP contribution in [0.15, 0.2) is 106 Å². The van der Waals surface area contributed by atoms with Crippen LogP contribution in [0.4, 0.5) is 34.1 Å². The van der Waals surface area contributed by atoms with Gasteiger partial charge in [-0.2, -0.15) is 13.5 Å². The second-order valence-electron chi connectivity index (χ2n) is 15.0. The quantitative estimate of drug-likeness (QED) is 0.0483. The summed E-state index contributed by atoms with van der Waals surface area (Å²) in [5.74, 6) is -1.50. The molecule has 5 aromatic rings. The Morgan fingerprint density at radius 2 is 1.34 bits per heavy atom. The number of hydrogen-bond donors (Lipinski definition) is 5. The highest BCUT2D eigenvalue weighted by atomic mass is 32.2. The summed E-state index contributed by atoms with van der Waals surface area (Å²) in [7, 11) is -4.88. The smallest absolute Gasteiger partial charge is 0.296 e. The summed E-state index contributed by atoms with van der Waals surface area (Å²) in [4.78, 5) is 39.5. The molecule has 0 aliphatic heterocycles. The first-order chi connectivity index (χ1) is 26.4. The van der Waals surface area contributed by atoms with Crippen molar-refractivity contribution in [3.05, 3.63) is 130 Å². The topological polar surface area (TPSA) is 201 Å². The van der Waals surface area contributed by atoms with E-state index in [1.54, 1.807) is 60.7 Å². The maximum absolute atomic E-state index is 13.6. The summed E-state index contributed by atoms with van der Waals surface area (Å²) in [5.41, 5.74) is 8.73. The van der Waals surface area contributed by atoms with E-state index in [1.807, 2.05) is 6.07 Å². The molecular weight excluding hydrogens is 731 g/mol. The molecule has 0 radical (unpaired) electrons. The van der Waals surface area contributed by atoms with Crippen molar-refractivity contribution >= 4 is 61.7 Å². The van der Waals surface area contributed by atoms with E-state index in [-0.39, 0.29) is 44.5 Å². The summed E-state index contributed by atoms with van der Waals surface area (Å²) < 4.78 is 34.4. The molecule has 1 aliphatic carbocycles. The van der Waals surface area contributed by atoms with Gasteiger partial charge in [-0.1, -0.05) is 71.9 Å². The normalized spacial score (nSPS) is 13.1. The molecule has 0 bridgehead atoms. The number of fused-ring (bicyclic) bond motifs is 2. The number of rotatable bonds is 11. The first kappa shape index (κ1) is 39.5. The zero-order valence-corrected chi connectivity index (χ0v) is 32.7. The van der Waals surface area contributed by atoms with Crippen molar-refractivity contribution in [1.29, 1.82) is 0 Å². The molecule has 6 rings (SSSR count). The number of nitrogens with two attached hydrogens (primary N) is 1. The van der Waals surface area contributed by atoms with Gasteiger partial charge in [-0.15, -0.1) is 5.11 Å². The molecule has 12 nitrogen and oxygen atoms in total. The second-order valence-corrected chi connectivity index (χ2v) is 16.4. The number of anilines is 4. The Hall–Kier alpha value is -6.18. The van der Waals surface area contributed by atoms with E-state index in [4.69, 9.17) is 5.73 Å². The number of nitrogens with one attached hydrogen (secondary N) is 2. The van der Waals surface area contributed by atoms with Crippen LogP contribution < -0.4 is 16.4 Å². The van der Waals surface area contributed by atoms with Crippen LogP contribution in [0.3, 0.4) is 0 Å². The van der Waals surface area contributed by atoms with Gasteiger partial charge in [-0.25, -0.2) is 0 Å². The van der Waals surface area contributed by atoms with E-state index in [0.29, 0.717) is 28.3 Å². The van der Waals surface area contributed by atoms with Crippen molar-refractivity contribution in [3.63, 3.8) is 0 Å². The number of ketones is 2. The summed E-state index contributed by atoms with van der Waals surface area (Å²) >= 11 is 0. The van der Waals surface area contributed by atoms with Crippen molar-refractivity contribution in [2.45, 2.75) is 70.1 Å². The number of aromatic hydroxyl groups is 1. The van der Waals surface area contributed by atoms with Crippen LogP contribution in [0.1, 0.15) is 108 Å². The summed E-state index contributed by atoms with van der Waals surface area (Å²) in [6, 6.07) is 23.9. The summed E-state index contributed by atoms with van der Waals surface area (Å²) in [6.45, 7) is 12.7. The lowest BCUT2D eigenvalue weighted by Crippen LogP contribution is -2.25. The summed E-state index contributed by atoms with van der Waals surface area (Å²) in [6.07, 6.45) is 1.72. The Morgan fingerprint density at radius 3 is 1.91 bits per heavy atom. The number of carbonyl (C=O) groups is 3. The highest BCUT2D eigenvalue weighted by molar-refractivity contribution is 7.86. The largest absolute Gasteiger partial charge is 0.505 e. The van der Waals surface area contributed by atoms with Gasteiger partial charge in [0.1, 0.15) is 16.3 Å². The van der Waals surface area contributed by atoms with Gasteiger partial charge in [-0.3, -0.25) is 18.9 Å². The van der Waals surface area contributed by atoms with E-state index in [9.17, 15) is 32.5 Å². The van der Waals surface area contributed by atoms with Crippen LogP contribution in [0.5, 0.6) is 5.75 Å². The molecule has 0 fully saturated rings. The van der Waals surface area contributed by atoms with E-state index >= 15 is 0 Å². The molecule has 56 heavy (non-hydrogen) atoms. The molecule has 288 valence electrons. The van der Waals surface area contributed by atoms with E-state index in [2.05, 4.69) is 68.5 Å². The maximum atomic E-state index is 13.6. The van der Waals surface area contributed by atoms with Gasteiger partial charge in [0.05, 0.1) is 28.2 Å². The lowest BCUT2D eigenvalue weighted by atomic mass is 9.76. The van der Waals surface area contributed by atoms with Gasteiger partial charge in [-0.05, 0) is 89.9 Å². The number of benzene rings is 5. The average molecular weight is 774 g/mol. The third kappa shape index (κ3) is 7.55. The monoisotopic (exact) mass is 773 g/mol. The molecule has 0 atom stereocenters. The molecule has 6 N–H and O–H groups in total. The van der Waals surface area contributed by atoms with Crippen molar-refractivity contribution in [1.82, 2.24) is 0 Å². The van der Waals surface area contributed by atoms with E-state index in [1.165, 1.54) is 12.1 Å². The Bertz CT molecular complexity index is 2540. The lowest BCUT2D eigenvalue weighted by Gasteiger charge is -2.30. The molecule has 0 heterocycles. The highest BCUT2D eigenvalue weighted by Crippen LogP contribution is 2.44. The van der Waals surface area contributed by atoms with E-state index in [0.717, 1.165) is 30.0 Å². The molecule has 0 unspecified atom stereocenters. The number of phenolic OH excluding ortho intramolecular Hbond substituents is 1. The second kappa shape index (κ2) is 14.8. The van der Waals surface area contributed by atoms with Gasteiger partial charge < -0.3 is 21.5 Å². The Kier molecular flexibility index (Phi) is 10.4. The zero-order chi connectivity index (χ0) is 40.7. The number of amides is 1. The standard InChI is InChI=1S/C43H43N5O7S/c1-7-42(3,4)25-21-31(43(5,6)8-2)40(51)33(22-25)48-47-28-15-13-24(14-16-28)41(52)46-27-19-17-26(18-20-27)45-32-23-34(56(53,54)55)37(44)36-35(32)38(49)29-11-9-10-12-30(29)39(36)50/h9-23,45,51H,7-8,44H2,1-6H3,(H,46,52)(H,53,54,55). The third-order valence-electron chi connectivity index (χ3n) is 10.7. The highest BCUT2D eigenvalue weighted by Gasteiger charge is 2.36. The molecule has 1 aliphatic rings. The fraction of sp³-hybridized carbons (Fsp3) is 0.233. The predicted molar refractivity (Wildman–Crippen MR) is 217 cm³/mol. The number of azo groups is 1. The first-order valence-electron chi connectivity index (χ1n) is 18.1. The van der Waals surface area contributed by atoms with Gasteiger partial charge in [0.15, 0.2) is 11.6 Å². The first-order valence-corrected chi connectivity index (χ1v) is 19.5. The van der Waals surface area contributed by atoms with Crippen molar-refractivity contribution in [3.8, 4) is 5.75 Å². The van der Waals surface area contributed by atoms with Crippen LogP contribution in [0, 0.1) is 0 Å². The van der Waals surface area contributed by atoms with Crippen molar-refractivity contribution < 1.29 is 32.5 Å². The number of carbonyl (C=O) groups excluding carboxylic acids is 3. The third-order valence-corrected chi connectivity index (χ3v) is 11.6. The minimum absolute atomic E-state index is 0.0540. The minimum Gasteiger partial charge on any atom is -0.505 e. The van der Waals surface area contributed by atoms with Gasteiger partial charge in [0.2, 0.25) is 0 Å². The lowest BCUT2D eigenvalue weighted by molar-refractivity contribution is 0.0980. The molecule has 0 spiro atoms. The van der Waals surface area contributed by atoms with Crippen molar-refractivity contribution in [2.75, 3.05) is 16.4 Å². The van der Waals surface area contributed by atoms with Crippen LogP contribution >= 0.6 is 0 Å². The SMILES string of the molecule is CCC(C)(C)c1cc(N=Nc2ccc(C(=O)Nc3ccc(Nc4cc(S(=O)(=O)O)c(N)c5c4C(=O)c4ccccc4C5=O)cc3)cc2)c(O)c(C(C)(C)CC)c1. The molecule has 13 heteroatoms. The van der Waals surface area contributed by atoms with Crippen LogP contribution in [0.2, 0.25) is 0 Å². The van der Waals surface area contributed by atoms with Gasteiger partial charge >= 0.3 is 0 Å². The predicted octanol–water partition coefficient (Wildman–Crippen LogP) is 9.78. The van der Waals surface area contributed by atoms with Crippen LogP contribution in [0.25, 0.3) is 0 Å². The number of nitrogens with zero attached hydrogens (tertiary/aromatic N) is 2. The molecule has 5 aromatic carbocycles. The fourth-order valence-corrected chi connectivity index (χ4v) is 7.04. The fourth-order valence-electron chi connectivity index (χ4n) is 6.39. The Morgan fingerprint density at radius 1 is 0.768 bits per heavy atom. The molecule has 0 saturated heterocycles. The molecule has 0 aromatic heterocycles. The van der Waals surface area contributed by atoms with Crippen LogP contribution in [-0.4, -0.2) is 35.6 Å². The van der Waals surface area contributed by atoms with Gasteiger partial charge in [0.25, 0.3) is 16.0 Å². The number of phenols is 1. The number of hydrogen-bond acceptors (Lipinski definition) is 10. The number of nitrogen functional groups attached to an aromatic ring is 1. The minimum atomic E-state index is -4.88. The van der Waals surface area contributed by atoms with Crippen LogP contribution in [-0.2, 0) is 20.9 Å². The van der Waals surface area contributed by atoms with E-state index < -0.39 is 38.2 Å². The maximum Gasteiger partial charge on any atom is 0.296 e. The molecule has 0 saturated carbocycles. The molecule has 1 amide bonds. The Labute approximate surface area is 325 Å². The van der Waals surface area contributed by atoms with Gasteiger partial charge in [0, 0.05) is 33.6 Å². The average Bonchev–Trinajstić information content (AvgIpc) is 3.17. The molecular formula is C43H43N5O7S. The summed E-state index contributed by atoms with van der Waals surface area (Å²) in [5, 5.41) is 25.8. The Balaban J connectivity index is 1.20. The zero-order valence-electron chi connectivity index (χ0n) is 31.9.